The highest BCUT2D eigenvalue weighted by atomic mass is 127. The van der Waals surface area contributed by atoms with Crippen molar-refractivity contribution in [1.29, 1.82) is 0 Å². The van der Waals surface area contributed by atoms with Crippen LogP contribution < -0.4 is 10.6 Å². The monoisotopic (exact) mass is 455 g/mol. The lowest BCUT2D eigenvalue weighted by molar-refractivity contribution is 0.290. The summed E-state index contributed by atoms with van der Waals surface area (Å²) in [6.45, 7) is 2.62. The first-order valence-electron chi connectivity index (χ1n) is 8.44. The van der Waals surface area contributed by atoms with Gasteiger partial charge in [-0.05, 0) is 38.2 Å². The lowest BCUT2D eigenvalue weighted by Crippen LogP contribution is -2.46. The molecule has 0 saturated heterocycles. The molecule has 0 bridgehead atoms. The predicted octanol–water partition coefficient (Wildman–Crippen LogP) is 2.44. The summed E-state index contributed by atoms with van der Waals surface area (Å²) in [5.41, 5.74) is 1.36. The largest absolute Gasteiger partial charge is 0.355 e. The van der Waals surface area contributed by atoms with Gasteiger partial charge in [0.15, 0.2) is 5.96 Å². The topological polar surface area (TPSA) is 44.6 Å². The molecule has 2 aromatic rings. The standard InChI is InChI=1S/C19H29N5.HI/c1-20-19(21-11-14-24-12-7-8-13-24)22-16-18(23(2)3)15-17-9-5-4-6-10-17;/h4-10,12-13,18H,11,14-16H2,1-3H3,(H2,20,21,22);1H. The van der Waals surface area contributed by atoms with E-state index in [1.807, 2.05) is 19.2 Å². The van der Waals surface area contributed by atoms with Crippen molar-refractivity contribution in [3.8, 4) is 0 Å². The summed E-state index contributed by atoms with van der Waals surface area (Å²) in [5, 5.41) is 6.80. The number of benzene rings is 1. The van der Waals surface area contributed by atoms with Crippen molar-refractivity contribution in [2.24, 2.45) is 4.99 Å². The van der Waals surface area contributed by atoms with E-state index in [0.29, 0.717) is 6.04 Å². The Labute approximate surface area is 168 Å². The number of halogens is 1. The van der Waals surface area contributed by atoms with Crippen LogP contribution >= 0.6 is 24.0 Å². The molecule has 0 amide bonds. The van der Waals surface area contributed by atoms with E-state index in [0.717, 1.165) is 32.0 Å². The molecule has 1 atom stereocenters. The number of guanidine groups is 1. The van der Waals surface area contributed by atoms with Crippen molar-refractivity contribution < 1.29 is 0 Å². The van der Waals surface area contributed by atoms with Crippen LogP contribution in [0.25, 0.3) is 0 Å². The van der Waals surface area contributed by atoms with E-state index in [-0.39, 0.29) is 24.0 Å². The number of rotatable bonds is 8. The molecule has 1 aromatic heterocycles. The zero-order valence-corrected chi connectivity index (χ0v) is 17.7. The molecule has 5 nitrogen and oxygen atoms in total. The molecule has 0 saturated carbocycles. The highest BCUT2D eigenvalue weighted by molar-refractivity contribution is 14.0. The summed E-state index contributed by atoms with van der Waals surface area (Å²) in [4.78, 5) is 6.57. The van der Waals surface area contributed by atoms with E-state index in [1.165, 1.54) is 5.56 Å². The molecule has 2 rings (SSSR count). The average molecular weight is 455 g/mol. The number of hydrogen-bond acceptors (Lipinski definition) is 2. The van der Waals surface area contributed by atoms with Gasteiger partial charge in [-0.25, -0.2) is 0 Å². The van der Waals surface area contributed by atoms with Gasteiger partial charge in [-0.1, -0.05) is 30.3 Å². The second-order valence-electron chi connectivity index (χ2n) is 6.11. The van der Waals surface area contributed by atoms with Gasteiger partial charge in [-0.2, -0.15) is 0 Å². The van der Waals surface area contributed by atoms with Crippen molar-refractivity contribution in [3.63, 3.8) is 0 Å². The lowest BCUT2D eigenvalue weighted by atomic mass is 10.1. The molecule has 1 heterocycles. The van der Waals surface area contributed by atoms with Crippen molar-refractivity contribution in [3.05, 3.63) is 60.4 Å². The highest BCUT2D eigenvalue weighted by Gasteiger charge is 2.12. The summed E-state index contributed by atoms with van der Waals surface area (Å²) in [7, 11) is 6.06. The van der Waals surface area contributed by atoms with E-state index in [9.17, 15) is 0 Å². The van der Waals surface area contributed by atoms with Gasteiger partial charge < -0.3 is 20.1 Å². The number of aliphatic imine (C=N–C) groups is 1. The zero-order chi connectivity index (χ0) is 17.2. The maximum Gasteiger partial charge on any atom is 0.191 e. The quantitative estimate of drug-likeness (QED) is 0.365. The van der Waals surface area contributed by atoms with Gasteiger partial charge in [-0.15, -0.1) is 24.0 Å². The van der Waals surface area contributed by atoms with Crippen LogP contribution in [0.15, 0.2) is 59.9 Å². The molecule has 1 aromatic carbocycles. The van der Waals surface area contributed by atoms with E-state index >= 15 is 0 Å². The Hall–Kier alpha value is -1.54. The van der Waals surface area contributed by atoms with Crippen LogP contribution in [0.3, 0.4) is 0 Å². The minimum absolute atomic E-state index is 0. The van der Waals surface area contributed by atoms with Crippen molar-refractivity contribution in [1.82, 2.24) is 20.1 Å². The summed E-state index contributed by atoms with van der Waals surface area (Å²) >= 11 is 0. The third-order valence-corrected chi connectivity index (χ3v) is 4.10. The van der Waals surface area contributed by atoms with Gasteiger partial charge in [0.1, 0.15) is 0 Å². The van der Waals surface area contributed by atoms with Crippen LogP contribution in [0, 0.1) is 0 Å². The van der Waals surface area contributed by atoms with Gasteiger partial charge in [0, 0.05) is 45.1 Å². The maximum absolute atomic E-state index is 4.31. The van der Waals surface area contributed by atoms with Crippen LogP contribution in [0.5, 0.6) is 0 Å². The first-order valence-corrected chi connectivity index (χ1v) is 8.44. The van der Waals surface area contributed by atoms with Crippen molar-refractivity contribution in [2.45, 2.75) is 19.0 Å². The molecule has 25 heavy (non-hydrogen) atoms. The van der Waals surface area contributed by atoms with Crippen LogP contribution in [0.1, 0.15) is 5.56 Å². The van der Waals surface area contributed by atoms with Gasteiger partial charge in [0.2, 0.25) is 0 Å². The van der Waals surface area contributed by atoms with Gasteiger partial charge in [0.05, 0.1) is 0 Å². The fourth-order valence-corrected chi connectivity index (χ4v) is 2.58. The molecule has 0 fully saturated rings. The highest BCUT2D eigenvalue weighted by Crippen LogP contribution is 2.06. The van der Waals surface area contributed by atoms with E-state index in [2.05, 4.69) is 81.9 Å². The Kier molecular flexibility index (Phi) is 10.3. The number of nitrogens with zero attached hydrogens (tertiary/aromatic N) is 3. The van der Waals surface area contributed by atoms with Crippen LogP contribution in [-0.2, 0) is 13.0 Å². The van der Waals surface area contributed by atoms with Gasteiger partial charge >= 0.3 is 0 Å². The first-order chi connectivity index (χ1) is 11.7. The fraction of sp³-hybridized carbons (Fsp3) is 0.421. The fourth-order valence-electron chi connectivity index (χ4n) is 2.58. The first kappa shape index (κ1) is 21.5. The Bertz CT molecular complexity index is 596. The molecule has 1 unspecified atom stereocenters. The molecule has 0 spiro atoms. The predicted molar refractivity (Wildman–Crippen MR) is 117 cm³/mol. The van der Waals surface area contributed by atoms with Crippen LogP contribution in [0.4, 0.5) is 0 Å². The third-order valence-electron chi connectivity index (χ3n) is 4.10. The maximum atomic E-state index is 4.31. The van der Waals surface area contributed by atoms with E-state index < -0.39 is 0 Å². The SMILES string of the molecule is CN=C(NCCn1cccc1)NCC(Cc1ccccc1)N(C)C.I. The minimum atomic E-state index is 0. The third kappa shape index (κ3) is 7.92. The lowest BCUT2D eigenvalue weighted by Gasteiger charge is -2.25. The molecule has 0 aliphatic carbocycles. The number of nitrogens with one attached hydrogen (secondary N) is 2. The number of likely N-dealkylation sites (N-methyl/N-ethyl adjacent to an activating group) is 1. The van der Waals surface area contributed by atoms with E-state index in [4.69, 9.17) is 0 Å². The molecule has 0 aliphatic heterocycles. The summed E-state index contributed by atoms with van der Waals surface area (Å²) in [5.74, 6) is 0.849. The number of hydrogen-bond donors (Lipinski definition) is 2. The van der Waals surface area contributed by atoms with Crippen LogP contribution in [-0.4, -0.2) is 55.7 Å². The number of aromatic nitrogens is 1. The Morgan fingerprint density at radius 2 is 1.76 bits per heavy atom. The summed E-state index contributed by atoms with van der Waals surface area (Å²) < 4.78 is 2.15. The molecule has 0 aliphatic rings. The zero-order valence-electron chi connectivity index (χ0n) is 15.4. The van der Waals surface area contributed by atoms with E-state index in [1.54, 1.807) is 0 Å². The van der Waals surface area contributed by atoms with Crippen molar-refractivity contribution >= 4 is 29.9 Å². The van der Waals surface area contributed by atoms with Crippen molar-refractivity contribution in [2.75, 3.05) is 34.2 Å². The van der Waals surface area contributed by atoms with Gasteiger partial charge in [0.25, 0.3) is 0 Å². The van der Waals surface area contributed by atoms with Gasteiger partial charge in [-0.3, -0.25) is 4.99 Å². The Balaban J connectivity index is 0.00000312. The summed E-state index contributed by atoms with van der Waals surface area (Å²) in [6, 6.07) is 15.1. The molecular weight excluding hydrogens is 425 g/mol. The normalized spacial score (nSPS) is 12.6. The Morgan fingerprint density at radius 1 is 1.08 bits per heavy atom. The average Bonchev–Trinajstić information content (AvgIpc) is 3.10. The molecule has 6 heteroatoms. The molecule has 2 N–H and O–H groups in total. The second kappa shape index (κ2) is 11.9. The summed E-state index contributed by atoms with van der Waals surface area (Å²) in [6.07, 6.45) is 5.15. The molecule has 138 valence electrons. The minimum Gasteiger partial charge on any atom is -0.355 e. The Morgan fingerprint density at radius 3 is 2.36 bits per heavy atom. The molecular formula is C19H30IN5. The van der Waals surface area contributed by atoms with Crippen LogP contribution in [0.2, 0.25) is 0 Å². The smallest absolute Gasteiger partial charge is 0.191 e. The second-order valence-corrected chi connectivity index (χ2v) is 6.11. The molecule has 0 radical (unpaired) electrons.